The van der Waals surface area contributed by atoms with Crippen molar-refractivity contribution >= 4 is 0 Å². The van der Waals surface area contributed by atoms with E-state index in [1.165, 1.54) is 12.1 Å². The molecule has 5 rings (SSSR count). The standard InChI is InChI=1S/C16H12O7/c17-7-1-2-8-9(3-7)20-5-16(19)12-10(23-15(8)16)4-11-14(13(12)18)22-6-21-11/h1-4,15,17-19H,5-6H2. The molecule has 3 aliphatic rings. The number of rotatable bonds is 0. The predicted molar refractivity (Wildman–Crippen MR) is 75.1 cm³/mol. The third-order valence-corrected chi connectivity index (χ3v) is 4.44. The molecule has 3 N–H and O–H groups in total. The molecule has 0 aromatic heterocycles. The zero-order valence-electron chi connectivity index (χ0n) is 11.8. The topological polar surface area (TPSA) is 97.6 Å². The number of aliphatic hydroxyl groups is 1. The lowest BCUT2D eigenvalue weighted by atomic mass is 9.84. The van der Waals surface area contributed by atoms with Gasteiger partial charge in [0.2, 0.25) is 12.5 Å². The number of hydrogen-bond donors (Lipinski definition) is 3. The zero-order valence-corrected chi connectivity index (χ0v) is 11.8. The molecule has 2 unspecified atom stereocenters. The minimum Gasteiger partial charge on any atom is -0.508 e. The number of hydrogen-bond acceptors (Lipinski definition) is 7. The number of benzene rings is 2. The van der Waals surface area contributed by atoms with Crippen LogP contribution in [0.1, 0.15) is 17.2 Å². The van der Waals surface area contributed by atoms with E-state index in [1.54, 1.807) is 12.1 Å². The lowest BCUT2D eigenvalue weighted by Crippen LogP contribution is -2.41. The lowest BCUT2D eigenvalue weighted by Gasteiger charge is -2.34. The second kappa shape index (κ2) is 3.94. The first-order valence-corrected chi connectivity index (χ1v) is 7.09. The molecule has 118 valence electrons. The molecule has 0 bridgehead atoms. The van der Waals surface area contributed by atoms with Gasteiger partial charge < -0.3 is 34.3 Å². The fourth-order valence-electron chi connectivity index (χ4n) is 3.39. The van der Waals surface area contributed by atoms with Crippen molar-refractivity contribution in [3.8, 4) is 34.5 Å². The normalized spacial score (nSPS) is 25.9. The Hall–Kier alpha value is -2.80. The van der Waals surface area contributed by atoms with E-state index < -0.39 is 11.7 Å². The summed E-state index contributed by atoms with van der Waals surface area (Å²) in [5, 5.41) is 31.2. The molecule has 0 fully saturated rings. The van der Waals surface area contributed by atoms with Crippen molar-refractivity contribution in [2.45, 2.75) is 11.7 Å². The minimum absolute atomic E-state index is 0.00620. The highest BCUT2D eigenvalue weighted by molar-refractivity contribution is 5.66. The van der Waals surface area contributed by atoms with Gasteiger partial charge >= 0.3 is 0 Å². The molecule has 0 spiro atoms. The van der Waals surface area contributed by atoms with E-state index in [0.29, 0.717) is 22.8 Å². The second-order valence-electron chi connectivity index (χ2n) is 5.77. The van der Waals surface area contributed by atoms with Gasteiger partial charge in [-0.2, -0.15) is 0 Å². The van der Waals surface area contributed by atoms with Crippen LogP contribution < -0.4 is 18.9 Å². The summed E-state index contributed by atoms with van der Waals surface area (Å²) in [6, 6.07) is 6.18. The van der Waals surface area contributed by atoms with Gasteiger partial charge in [-0.1, -0.05) is 0 Å². The van der Waals surface area contributed by atoms with Gasteiger partial charge in [0.05, 0.1) is 5.56 Å². The molecule has 3 aliphatic heterocycles. The third-order valence-electron chi connectivity index (χ3n) is 4.44. The predicted octanol–water partition coefficient (Wildman–Crippen LogP) is 1.54. The Kier molecular flexibility index (Phi) is 2.18. The van der Waals surface area contributed by atoms with Crippen LogP contribution in [-0.4, -0.2) is 28.7 Å². The van der Waals surface area contributed by atoms with Gasteiger partial charge in [0.1, 0.15) is 23.9 Å². The fourth-order valence-corrected chi connectivity index (χ4v) is 3.39. The smallest absolute Gasteiger partial charge is 0.231 e. The van der Waals surface area contributed by atoms with E-state index >= 15 is 0 Å². The molecule has 0 saturated heterocycles. The van der Waals surface area contributed by atoms with Gasteiger partial charge in [0, 0.05) is 17.7 Å². The summed E-state index contributed by atoms with van der Waals surface area (Å²) >= 11 is 0. The van der Waals surface area contributed by atoms with Crippen molar-refractivity contribution < 1.29 is 34.3 Å². The molecular weight excluding hydrogens is 304 g/mol. The molecule has 0 aliphatic carbocycles. The number of ether oxygens (including phenoxy) is 4. The average Bonchev–Trinajstić information content (AvgIpc) is 3.10. The van der Waals surface area contributed by atoms with E-state index in [2.05, 4.69) is 0 Å². The molecule has 2 atom stereocenters. The third kappa shape index (κ3) is 1.47. The Morgan fingerprint density at radius 3 is 2.74 bits per heavy atom. The van der Waals surface area contributed by atoms with Crippen molar-refractivity contribution in [2.75, 3.05) is 13.4 Å². The monoisotopic (exact) mass is 316 g/mol. The van der Waals surface area contributed by atoms with Gasteiger partial charge in [-0.15, -0.1) is 0 Å². The Labute approximate surface area is 130 Å². The van der Waals surface area contributed by atoms with Crippen LogP contribution in [0.15, 0.2) is 24.3 Å². The van der Waals surface area contributed by atoms with Crippen LogP contribution in [0.25, 0.3) is 0 Å². The highest BCUT2D eigenvalue weighted by Crippen LogP contribution is 2.60. The molecule has 0 radical (unpaired) electrons. The van der Waals surface area contributed by atoms with Crippen LogP contribution >= 0.6 is 0 Å². The molecule has 3 heterocycles. The molecule has 2 aromatic rings. The summed E-state index contributed by atoms with van der Waals surface area (Å²) in [7, 11) is 0. The van der Waals surface area contributed by atoms with E-state index in [0.717, 1.165) is 0 Å². The Morgan fingerprint density at radius 2 is 1.87 bits per heavy atom. The van der Waals surface area contributed by atoms with Crippen molar-refractivity contribution in [3.63, 3.8) is 0 Å². The zero-order chi connectivity index (χ0) is 15.8. The van der Waals surface area contributed by atoms with Crippen LogP contribution in [0.3, 0.4) is 0 Å². The Balaban J connectivity index is 1.71. The lowest BCUT2D eigenvalue weighted by molar-refractivity contribution is -0.0873. The Bertz CT molecular complexity index is 847. The first-order chi connectivity index (χ1) is 11.1. The number of phenols is 2. The second-order valence-corrected chi connectivity index (χ2v) is 5.77. The van der Waals surface area contributed by atoms with Gasteiger partial charge in [0.25, 0.3) is 0 Å². The molecule has 2 aromatic carbocycles. The van der Waals surface area contributed by atoms with Crippen molar-refractivity contribution in [3.05, 3.63) is 35.4 Å². The van der Waals surface area contributed by atoms with Crippen LogP contribution in [0.2, 0.25) is 0 Å². The summed E-state index contributed by atoms with van der Waals surface area (Å²) in [5.74, 6) is 1.18. The number of fused-ring (bicyclic) bond motifs is 6. The minimum atomic E-state index is -1.55. The quantitative estimate of drug-likeness (QED) is 0.678. The maximum atomic E-state index is 11.1. The van der Waals surface area contributed by atoms with E-state index in [-0.39, 0.29) is 36.2 Å². The maximum Gasteiger partial charge on any atom is 0.231 e. The highest BCUT2D eigenvalue weighted by atomic mass is 16.7. The van der Waals surface area contributed by atoms with Crippen molar-refractivity contribution in [2.24, 2.45) is 0 Å². The molecule has 0 amide bonds. The summed E-state index contributed by atoms with van der Waals surface area (Å²) in [4.78, 5) is 0. The van der Waals surface area contributed by atoms with Crippen LogP contribution in [0, 0.1) is 0 Å². The van der Waals surface area contributed by atoms with Crippen LogP contribution in [-0.2, 0) is 5.60 Å². The van der Waals surface area contributed by atoms with Crippen molar-refractivity contribution in [1.29, 1.82) is 0 Å². The molecule has 7 nitrogen and oxygen atoms in total. The number of phenolic OH excluding ortho intramolecular Hbond substituents is 2. The van der Waals surface area contributed by atoms with Gasteiger partial charge in [-0.05, 0) is 12.1 Å². The maximum absolute atomic E-state index is 11.1. The summed E-state index contributed by atoms with van der Waals surface area (Å²) in [6.07, 6.45) is -0.754. The molecule has 23 heavy (non-hydrogen) atoms. The molecule has 0 saturated carbocycles. The summed E-state index contributed by atoms with van der Waals surface area (Å²) < 4.78 is 22.0. The van der Waals surface area contributed by atoms with Crippen LogP contribution in [0.5, 0.6) is 34.5 Å². The fraction of sp³-hybridized carbons (Fsp3) is 0.250. The van der Waals surface area contributed by atoms with E-state index in [4.69, 9.17) is 18.9 Å². The van der Waals surface area contributed by atoms with Gasteiger partial charge in [0.15, 0.2) is 23.2 Å². The summed E-state index contributed by atoms with van der Waals surface area (Å²) in [5.41, 5.74) is -0.732. The largest absolute Gasteiger partial charge is 0.508 e. The summed E-state index contributed by atoms with van der Waals surface area (Å²) in [6.45, 7) is -0.111. The van der Waals surface area contributed by atoms with Crippen molar-refractivity contribution in [1.82, 2.24) is 0 Å². The van der Waals surface area contributed by atoms with Gasteiger partial charge in [-0.3, -0.25) is 0 Å². The van der Waals surface area contributed by atoms with Gasteiger partial charge in [-0.25, -0.2) is 0 Å². The first kappa shape index (κ1) is 12.7. The highest BCUT2D eigenvalue weighted by Gasteiger charge is 2.55. The molecule has 7 heteroatoms. The van der Waals surface area contributed by atoms with E-state index in [9.17, 15) is 15.3 Å². The van der Waals surface area contributed by atoms with Crippen LogP contribution in [0.4, 0.5) is 0 Å². The Morgan fingerprint density at radius 1 is 1.00 bits per heavy atom. The SMILES string of the molecule is Oc1ccc2c(c1)OCC1(O)c3c(cc4c(c3O)OCO4)OC21. The van der Waals surface area contributed by atoms with E-state index in [1.807, 2.05) is 0 Å². The molecular formula is C16H12O7. The average molecular weight is 316 g/mol. The number of aromatic hydroxyl groups is 2. The first-order valence-electron chi connectivity index (χ1n) is 7.09.